The first kappa shape index (κ1) is 20.0. The summed E-state index contributed by atoms with van der Waals surface area (Å²) in [6.45, 7) is 4.54. The number of amides is 2. The van der Waals surface area contributed by atoms with Crippen molar-refractivity contribution >= 4 is 21.5 Å². The zero-order chi connectivity index (χ0) is 19.7. The van der Waals surface area contributed by atoms with Crippen LogP contribution in [0.5, 0.6) is 0 Å². The number of aliphatic hydroxyl groups excluding tert-OH is 1. The maximum Gasteiger partial charge on any atom is 0.303 e. The molecule has 0 atom stereocenters. The van der Waals surface area contributed by atoms with Gasteiger partial charge >= 0.3 is 5.91 Å². The van der Waals surface area contributed by atoms with E-state index in [-0.39, 0.29) is 23.5 Å². The Labute approximate surface area is 158 Å². The Morgan fingerprint density at radius 2 is 2.11 bits per heavy atom. The molecule has 0 aliphatic carbocycles. The van der Waals surface area contributed by atoms with Crippen molar-refractivity contribution < 1.29 is 23.6 Å². The summed E-state index contributed by atoms with van der Waals surface area (Å²) in [6, 6.07) is 0.0551. The summed E-state index contributed by atoms with van der Waals surface area (Å²) in [7, 11) is -2.68. The monoisotopic (exact) mass is 398 g/mol. The Kier molecular flexibility index (Phi) is 5.68. The van der Waals surface area contributed by atoms with Gasteiger partial charge in [0.2, 0.25) is 5.91 Å². The van der Waals surface area contributed by atoms with Gasteiger partial charge in [-0.2, -0.15) is 4.36 Å². The summed E-state index contributed by atoms with van der Waals surface area (Å²) in [6.07, 6.45) is 3.93. The Morgan fingerprint density at radius 3 is 2.74 bits per heavy atom. The second-order valence-corrected chi connectivity index (χ2v) is 9.91. The molecule has 1 aromatic rings. The molecule has 9 nitrogen and oxygen atoms in total. The molecule has 2 amide bonds. The van der Waals surface area contributed by atoms with Crippen LogP contribution in [0.25, 0.3) is 0 Å². The first-order valence-electron chi connectivity index (χ1n) is 9.09. The van der Waals surface area contributed by atoms with Gasteiger partial charge in [-0.15, -0.1) is 0 Å². The standard InChI is InChI=1S/C17H26N4O5S/c1-13(2)21-12-18-9-14(21)16(24)19-27(25)7-3-17(4-8-27)11-20(5-6-26-17)15(23)10-22/h9,12-13,22H,3-8,10-11H2,1-2H3. The number of hydrogen-bond donors (Lipinski definition) is 1. The minimum Gasteiger partial charge on any atom is -0.387 e. The second kappa shape index (κ2) is 7.69. The number of imidazole rings is 1. The van der Waals surface area contributed by atoms with Gasteiger partial charge in [0, 0.05) is 30.6 Å². The van der Waals surface area contributed by atoms with Crippen LogP contribution in [0, 0.1) is 0 Å². The molecule has 0 bridgehead atoms. The van der Waals surface area contributed by atoms with Gasteiger partial charge in [-0.1, -0.05) is 0 Å². The number of morpholine rings is 1. The molecule has 0 radical (unpaired) electrons. The van der Waals surface area contributed by atoms with E-state index in [9.17, 15) is 13.8 Å². The molecule has 0 saturated carbocycles. The zero-order valence-corrected chi connectivity index (χ0v) is 16.5. The molecule has 3 heterocycles. The number of aliphatic hydroxyl groups is 1. The molecule has 0 aromatic carbocycles. The van der Waals surface area contributed by atoms with E-state index in [0.29, 0.717) is 38.2 Å². The summed E-state index contributed by atoms with van der Waals surface area (Å²) in [4.78, 5) is 29.9. The van der Waals surface area contributed by atoms with Gasteiger partial charge < -0.3 is 19.3 Å². The van der Waals surface area contributed by atoms with E-state index in [1.165, 1.54) is 6.20 Å². The molecule has 27 heavy (non-hydrogen) atoms. The van der Waals surface area contributed by atoms with Gasteiger partial charge in [-0.25, -0.2) is 9.19 Å². The van der Waals surface area contributed by atoms with E-state index in [1.807, 2.05) is 13.8 Å². The highest BCUT2D eigenvalue weighted by Crippen LogP contribution is 2.32. The highest BCUT2D eigenvalue weighted by molar-refractivity contribution is 7.93. The van der Waals surface area contributed by atoms with Gasteiger partial charge in [0.05, 0.1) is 34.5 Å². The Bertz CT molecular complexity index is 826. The summed E-state index contributed by atoms with van der Waals surface area (Å²) < 4.78 is 24.8. The molecular formula is C17H26N4O5S. The van der Waals surface area contributed by atoms with Gasteiger partial charge in [-0.3, -0.25) is 9.59 Å². The van der Waals surface area contributed by atoms with Crippen LogP contribution in [-0.4, -0.2) is 79.0 Å². The fourth-order valence-electron chi connectivity index (χ4n) is 3.55. The van der Waals surface area contributed by atoms with E-state index < -0.39 is 27.8 Å². The van der Waals surface area contributed by atoms with Crippen molar-refractivity contribution in [2.75, 3.05) is 37.8 Å². The Balaban J connectivity index is 1.72. The topological polar surface area (TPSA) is 114 Å². The average Bonchev–Trinajstić information content (AvgIpc) is 3.15. The minimum atomic E-state index is -2.68. The summed E-state index contributed by atoms with van der Waals surface area (Å²) in [5.74, 6) is -0.347. The molecule has 1 N–H and O–H groups in total. The number of ether oxygens (including phenoxy) is 1. The van der Waals surface area contributed by atoms with E-state index >= 15 is 0 Å². The van der Waals surface area contributed by atoms with Gasteiger partial charge in [0.15, 0.2) is 0 Å². The molecule has 10 heteroatoms. The molecule has 3 rings (SSSR count). The van der Waals surface area contributed by atoms with Crippen LogP contribution in [-0.2, 0) is 19.3 Å². The third-order valence-corrected chi connectivity index (χ3v) is 7.36. The lowest BCUT2D eigenvalue weighted by Gasteiger charge is -2.45. The van der Waals surface area contributed by atoms with E-state index in [4.69, 9.17) is 9.84 Å². The third kappa shape index (κ3) is 4.22. The normalized spacial score (nSPS) is 28.5. The lowest BCUT2D eigenvalue weighted by Crippen LogP contribution is -2.57. The van der Waals surface area contributed by atoms with Crippen LogP contribution in [0.4, 0.5) is 0 Å². The van der Waals surface area contributed by atoms with Crippen LogP contribution in [0.1, 0.15) is 43.2 Å². The highest BCUT2D eigenvalue weighted by Gasteiger charge is 2.42. The maximum absolute atomic E-state index is 13.1. The predicted molar refractivity (Wildman–Crippen MR) is 98.8 cm³/mol. The van der Waals surface area contributed by atoms with Crippen molar-refractivity contribution in [2.45, 2.75) is 38.3 Å². The zero-order valence-electron chi connectivity index (χ0n) is 15.7. The quantitative estimate of drug-likeness (QED) is 0.791. The molecule has 2 aliphatic rings. The fraction of sp³-hybridized carbons (Fsp3) is 0.706. The van der Waals surface area contributed by atoms with Crippen molar-refractivity contribution in [3.63, 3.8) is 0 Å². The summed E-state index contributed by atoms with van der Waals surface area (Å²) >= 11 is 0. The van der Waals surface area contributed by atoms with Crippen molar-refractivity contribution in [3.05, 3.63) is 18.2 Å². The lowest BCUT2D eigenvalue weighted by atomic mass is 9.94. The largest absolute Gasteiger partial charge is 0.387 e. The first-order valence-corrected chi connectivity index (χ1v) is 10.9. The van der Waals surface area contributed by atoms with Crippen LogP contribution in [0.2, 0.25) is 0 Å². The smallest absolute Gasteiger partial charge is 0.303 e. The summed E-state index contributed by atoms with van der Waals surface area (Å²) in [5, 5.41) is 9.07. The van der Waals surface area contributed by atoms with Crippen molar-refractivity contribution in [1.82, 2.24) is 14.5 Å². The predicted octanol–water partition coefficient (Wildman–Crippen LogP) is 0.456. The van der Waals surface area contributed by atoms with Gasteiger partial charge in [-0.05, 0) is 26.7 Å². The van der Waals surface area contributed by atoms with Crippen molar-refractivity contribution in [1.29, 1.82) is 0 Å². The van der Waals surface area contributed by atoms with Crippen LogP contribution >= 0.6 is 0 Å². The number of carbonyl (C=O) groups excluding carboxylic acids is 2. The fourth-order valence-corrected chi connectivity index (χ4v) is 5.71. The number of hydrogen-bond acceptors (Lipinski definition) is 6. The molecule has 1 spiro atoms. The SMILES string of the molecule is CC(C)n1cncc1C(=O)N=S1(=O)CCC2(CC1)CN(C(=O)CO)CCO2. The average molecular weight is 398 g/mol. The molecule has 2 saturated heterocycles. The van der Waals surface area contributed by atoms with Crippen molar-refractivity contribution in [3.8, 4) is 0 Å². The Hall–Kier alpha value is -1.78. The van der Waals surface area contributed by atoms with E-state index in [2.05, 4.69) is 9.35 Å². The van der Waals surface area contributed by atoms with Crippen molar-refractivity contribution in [2.24, 2.45) is 4.36 Å². The van der Waals surface area contributed by atoms with Crippen LogP contribution < -0.4 is 0 Å². The van der Waals surface area contributed by atoms with E-state index in [1.54, 1.807) is 15.8 Å². The van der Waals surface area contributed by atoms with Gasteiger partial charge in [0.1, 0.15) is 12.3 Å². The molecule has 1 aromatic heterocycles. The molecule has 2 aliphatic heterocycles. The second-order valence-electron chi connectivity index (χ2n) is 7.36. The maximum atomic E-state index is 13.1. The van der Waals surface area contributed by atoms with Crippen LogP contribution in [0.15, 0.2) is 16.9 Å². The van der Waals surface area contributed by atoms with Gasteiger partial charge in [0.25, 0.3) is 0 Å². The number of rotatable bonds is 3. The Morgan fingerprint density at radius 1 is 1.41 bits per heavy atom. The third-order valence-electron chi connectivity index (χ3n) is 5.18. The first-order chi connectivity index (χ1) is 12.8. The number of nitrogens with zero attached hydrogens (tertiary/aromatic N) is 4. The number of carbonyl (C=O) groups is 2. The van der Waals surface area contributed by atoms with Crippen LogP contribution in [0.3, 0.4) is 0 Å². The molecule has 2 fully saturated rings. The minimum absolute atomic E-state index is 0.0551. The highest BCUT2D eigenvalue weighted by atomic mass is 32.2. The number of aromatic nitrogens is 2. The van der Waals surface area contributed by atoms with E-state index in [0.717, 1.165) is 0 Å². The molecular weight excluding hydrogens is 372 g/mol. The lowest BCUT2D eigenvalue weighted by molar-refractivity contribution is -0.154. The molecule has 0 unspecified atom stereocenters. The molecule has 150 valence electrons. The summed E-state index contributed by atoms with van der Waals surface area (Å²) in [5.41, 5.74) is -0.232.